The molecule has 1 spiro atoms. The minimum atomic E-state index is -1.15. The summed E-state index contributed by atoms with van der Waals surface area (Å²) < 4.78 is 6.60. The van der Waals surface area contributed by atoms with Gasteiger partial charge in [0.25, 0.3) is 0 Å². The molecule has 11 unspecified atom stereocenters. The van der Waals surface area contributed by atoms with Gasteiger partial charge >= 0.3 is 0 Å². The van der Waals surface area contributed by atoms with Gasteiger partial charge in [-0.3, -0.25) is 14.4 Å². The van der Waals surface area contributed by atoms with Gasteiger partial charge in [0.05, 0.1) is 17.9 Å². The number of amides is 3. The molecule has 2 bridgehead atoms. The number of ether oxygens (including phenoxy) is 1. The number of nitrogens with zero attached hydrogens (tertiary/aromatic N) is 1. The Hall–Kier alpha value is -2.38. The molecule has 5 aliphatic rings. The molecule has 11 atom stereocenters. The molecule has 2 saturated carbocycles. The second kappa shape index (κ2) is 10.7. The van der Waals surface area contributed by atoms with E-state index in [1.165, 1.54) is 6.42 Å². The molecule has 2 aliphatic carbocycles. The van der Waals surface area contributed by atoms with E-state index in [-0.39, 0.29) is 35.7 Å². The van der Waals surface area contributed by atoms with Gasteiger partial charge in [-0.25, -0.2) is 0 Å². The van der Waals surface area contributed by atoms with Crippen LogP contribution < -0.4 is 10.6 Å². The Kier molecular flexibility index (Phi) is 7.51. The maximum absolute atomic E-state index is 14.5. The van der Waals surface area contributed by atoms with E-state index in [0.29, 0.717) is 28.5 Å². The van der Waals surface area contributed by atoms with Crippen LogP contribution in [0.2, 0.25) is 5.02 Å². The van der Waals surface area contributed by atoms with E-state index in [1.54, 1.807) is 6.07 Å². The molecule has 8 heteroatoms. The molecule has 1 aromatic rings. The normalized spacial score (nSPS) is 41.4. The van der Waals surface area contributed by atoms with Gasteiger partial charge in [0, 0.05) is 22.8 Å². The highest BCUT2D eigenvalue weighted by atomic mass is 35.5. The first-order chi connectivity index (χ1) is 19.5. The van der Waals surface area contributed by atoms with Crippen LogP contribution in [0.15, 0.2) is 30.4 Å². The first-order valence-electron chi connectivity index (χ1n) is 15.6. The number of benzene rings is 1. The highest BCUT2D eigenvalue weighted by Gasteiger charge is 2.73. The highest BCUT2D eigenvalue weighted by molar-refractivity contribution is 6.31. The van der Waals surface area contributed by atoms with Gasteiger partial charge in [-0.2, -0.15) is 0 Å². The van der Waals surface area contributed by atoms with Gasteiger partial charge < -0.3 is 20.3 Å². The summed E-state index contributed by atoms with van der Waals surface area (Å²) in [4.78, 5) is 44.6. The molecular weight excluding hydrogens is 538 g/mol. The van der Waals surface area contributed by atoms with Crippen LogP contribution in [-0.4, -0.2) is 52.5 Å². The summed E-state index contributed by atoms with van der Waals surface area (Å²) in [6.45, 7) is 10.8. The zero-order valence-corrected chi connectivity index (χ0v) is 25.6. The van der Waals surface area contributed by atoms with Crippen molar-refractivity contribution < 1.29 is 19.1 Å². The Morgan fingerprint density at radius 3 is 2.44 bits per heavy atom. The van der Waals surface area contributed by atoms with E-state index in [0.717, 1.165) is 37.7 Å². The minimum absolute atomic E-state index is 0.0642. The zero-order valence-electron chi connectivity index (χ0n) is 24.9. The quantitative estimate of drug-likeness (QED) is 0.449. The SMILES string of the molecule is Cc1ccc(NC(=O)C2C3C=CC4(O3)C2C(=O)N(C2CCCC(C)C2C)C4C(=O)NC2CCCC(C)C2C)cc1Cl. The van der Waals surface area contributed by atoms with Crippen molar-refractivity contribution in [2.75, 3.05) is 5.32 Å². The van der Waals surface area contributed by atoms with Gasteiger partial charge in [0.2, 0.25) is 17.7 Å². The standard InChI is InChI=1S/C33H44ClN3O4/c1-17-8-6-10-24(20(17)4)36-31(39)29-33-15-14-26(41-33)27(30(38)35-22-13-12-19(3)23(34)16-22)28(33)32(40)37(29)25-11-7-9-18(2)21(25)5/h12-18,20-21,24-29H,6-11H2,1-5H3,(H,35,38)(H,36,39). The van der Waals surface area contributed by atoms with E-state index < -0.39 is 29.6 Å². The van der Waals surface area contributed by atoms with Gasteiger partial charge in [0.15, 0.2) is 0 Å². The van der Waals surface area contributed by atoms with E-state index in [2.05, 4.69) is 38.3 Å². The predicted octanol–water partition coefficient (Wildman–Crippen LogP) is 5.50. The number of likely N-dealkylation sites (tertiary alicyclic amines) is 1. The largest absolute Gasteiger partial charge is 0.359 e. The third-order valence-electron chi connectivity index (χ3n) is 11.4. The Labute approximate surface area is 248 Å². The average molecular weight is 582 g/mol. The van der Waals surface area contributed by atoms with Crippen LogP contribution in [0.3, 0.4) is 0 Å². The van der Waals surface area contributed by atoms with Gasteiger partial charge in [-0.15, -0.1) is 0 Å². The number of halogens is 1. The molecule has 1 aromatic carbocycles. The maximum Gasteiger partial charge on any atom is 0.246 e. The Bertz CT molecular complexity index is 1270. The molecule has 3 aliphatic heterocycles. The Balaban J connectivity index is 1.34. The molecule has 0 aromatic heterocycles. The maximum atomic E-state index is 14.5. The minimum Gasteiger partial charge on any atom is -0.359 e. The van der Waals surface area contributed by atoms with Crippen molar-refractivity contribution in [3.05, 3.63) is 40.9 Å². The fourth-order valence-electron chi connectivity index (χ4n) is 8.45. The number of anilines is 1. The van der Waals surface area contributed by atoms with Crippen molar-refractivity contribution in [1.29, 1.82) is 0 Å². The third kappa shape index (κ3) is 4.62. The molecule has 222 valence electrons. The van der Waals surface area contributed by atoms with Gasteiger partial charge in [0.1, 0.15) is 11.6 Å². The second-order valence-corrected chi connectivity index (χ2v) is 14.0. The monoisotopic (exact) mass is 581 g/mol. The van der Waals surface area contributed by atoms with Crippen LogP contribution in [-0.2, 0) is 19.1 Å². The lowest BCUT2D eigenvalue weighted by atomic mass is 9.73. The third-order valence-corrected chi connectivity index (χ3v) is 11.8. The van der Waals surface area contributed by atoms with Crippen molar-refractivity contribution in [1.82, 2.24) is 10.2 Å². The van der Waals surface area contributed by atoms with Gasteiger partial charge in [-0.1, -0.05) is 83.2 Å². The molecule has 2 N–H and O–H groups in total. The molecular formula is C33H44ClN3O4. The number of carbonyl (C=O) groups excluding carboxylic acids is 3. The van der Waals surface area contributed by atoms with Crippen molar-refractivity contribution in [2.24, 2.45) is 35.5 Å². The molecule has 41 heavy (non-hydrogen) atoms. The smallest absolute Gasteiger partial charge is 0.246 e. The Morgan fingerprint density at radius 2 is 1.71 bits per heavy atom. The number of fused-ring (bicyclic) bond motifs is 1. The molecule has 3 amide bonds. The fourth-order valence-corrected chi connectivity index (χ4v) is 8.63. The van der Waals surface area contributed by atoms with Crippen LogP contribution in [0.25, 0.3) is 0 Å². The molecule has 4 fully saturated rings. The first-order valence-corrected chi connectivity index (χ1v) is 16.0. The lowest BCUT2D eigenvalue weighted by Crippen LogP contribution is -2.61. The summed E-state index contributed by atoms with van der Waals surface area (Å²) in [5, 5.41) is 6.93. The number of hydrogen-bond acceptors (Lipinski definition) is 4. The number of carbonyl (C=O) groups is 3. The van der Waals surface area contributed by atoms with Crippen LogP contribution in [0.5, 0.6) is 0 Å². The summed E-state index contributed by atoms with van der Waals surface area (Å²) in [5.41, 5.74) is 0.351. The van der Waals surface area contributed by atoms with Crippen LogP contribution >= 0.6 is 11.6 Å². The highest BCUT2D eigenvalue weighted by Crippen LogP contribution is 2.57. The van der Waals surface area contributed by atoms with Crippen LogP contribution in [0.1, 0.15) is 71.8 Å². The molecule has 6 rings (SSSR count). The average Bonchev–Trinajstić information content (AvgIpc) is 3.58. The summed E-state index contributed by atoms with van der Waals surface area (Å²) in [5.74, 6) is -0.447. The zero-order chi connectivity index (χ0) is 29.2. The number of nitrogens with one attached hydrogen (secondary N) is 2. The summed E-state index contributed by atoms with van der Waals surface area (Å²) in [6.07, 6.45) is 9.42. The second-order valence-electron chi connectivity index (χ2n) is 13.6. The first kappa shape index (κ1) is 28.7. The number of hydrogen-bond donors (Lipinski definition) is 2. The van der Waals surface area contributed by atoms with Crippen LogP contribution in [0.4, 0.5) is 5.69 Å². The van der Waals surface area contributed by atoms with E-state index >= 15 is 0 Å². The molecule has 3 heterocycles. The summed E-state index contributed by atoms with van der Waals surface area (Å²) in [6, 6.07) is 4.60. The van der Waals surface area contributed by atoms with Gasteiger partial charge in [-0.05, 0) is 61.1 Å². The predicted molar refractivity (Wildman–Crippen MR) is 159 cm³/mol. The fraction of sp³-hybridized carbons (Fsp3) is 0.667. The lowest BCUT2D eigenvalue weighted by molar-refractivity contribution is -0.146. The van der Waals surface area contributed by atoms with Crippen molar-refractivity contribution in [3.8, 4) is 0 Å². The topological polar surface area (TPSA) is 87.7 Å². The molecule has 2 saturated heterocycles. The van der Waals surface area contributed by atoms with E-state index in [1.807, 2.05) is 36.1 Å². The van der Waals surface area contributed by atoms with E-state index in [9.17, 15) is 14.4 Å². The van der Waals surface area contributed by atoms with Crippen molar-refractivity contribution in [3.63, 3.8) is 0 Å². The Morgan fingerprint density at radius 1 is 1.00 bits per heavy atom. The van der Waals surface area contributed by atoms with Crippen molar-refractivity contribution >= 4 is 35.0 Å². The molecule has 7 nitrogen and oxygen atoms in total. The lowest BCUT2D eigenvalue weighted by Gasteiger charge is -2.44. The number of aryl methyl sites for hydroxylation is 1. The summed E-state index contributed by atoms with van der Waals surface area (Å²) in [7, 11) is 0. The summed E-state index contributed by atoms with van der Waals surface area (Å²) >= 11 is 6.32. The van der Waals surface area contributed by atoms with Crippen LogP contribution in [0, 0.1) is 42.4 Å². The number of rotatable bonds is 5. The van der Waals surface area contributed by atoms with E-state index in [4.69, 9.17) is 16.3 Å². The molecule has 0 radical (unpaired) electrons. The van der Waals surface area contributed by atoms with Crippen molar-refractivity contribution in [2.45, 2.75) is 103 Å².